The molecule has 21 heavy (non-hydrogen) atoms. The standard InChI is InChI=1S/C20H27N/c1-4-10-18(11-5-1)16-21(20-14-8-3-9-15-20)17-19-12-6-2-7-13-19/h1,4-6,10-13,20H,2-3,7-9,14-17H2. The predicted molar refractivity (Wildman–Crippen MR) is 90.2 cm³/mol. The summed E-state index contributed by atoms with van der Waals surface area (Å²) in [4.78, 5) is 2.72. The molecule has 0 unspecified atom stereocenters. The van der Waals surface area contributed by atoms with E-state index in [2.05, 4.69) is 53.5 Å². The quantitative estimate of drug-likeness (QED) is 0.726. The van der Waals surface area contributed by atoms with E-state index in [0.29, 0.717) is 0 Å². The molecule has 0 atom stereocenters. The zero-order valence-corrected chi connectivity index (χ0v) is 13.0. The second kappa shape index (κ2) is 7.61. The summed E-state index contributed by atoms with van der Waals surface area (Å²) in [5.74, 6) is 0. The molecular weight excluding hydrogens is 254 g/mol. The summed E-state index contributed by atoms with van der Waals surface area (Å²) in [6.45, 7) is 2.22. The Morgan fingerprint density at radius 2 is 1.71 bits per heavy atom. The highest BCUT2D eigenvalue weighted by atomic mass is 15.2. The molecule has 0 radical (unpaired) electrons. The lowest BCUT2D eigenvalue weighted by Gasteiger charge is -2.35. The van der Waals surface area contributed by atoms with Crippen molar-refractivity contribution >= 4 is 0 Å². The average molecular weight is 281 g/mol. The summed E-state index contributed by atoms with van der Waals surface area (Å²) < 4.78 is 0. The van der Waals surface area contributed by atoms with Crippen molar-refractivity contribution in [1.29, 1.82) is 0 Å². The SMILES string of the molecule is C1=CC(CN(Cc2ccccc2)C2CCCCC2)=CCC1. The molecule has 1 nitrogen and oxygen atoms in total. The fourth-order valence-electron chi connectivity index (χ4n) is 3.60. The topological polar surface area (TPSA) is 3.24 Å². The Kier molecular flexibility index (Phi) is 5.29. The van der Waals surface area contributed by atoms with Crippen molar-refractivity contribution in [1.82, 2.24) is 4.90 Å². The van der Waals surface area contributed by atoms with E-state index in [4.69, 9.17) is 0 Å². The molecule has 3 rings (SSSR count). The molecule has 0 saturated heterocycles. The Morgan fingerprint density at radius 1 is 0.905 bits per heavy atom. The first kappa shape index (κ1) is 14.6. The molecule has 1 saturated carbocycles. The number of hydrogen-bond donors (Lipinski definition) is 0. The van der Waals surface area contributed by atoms with E-state index in [-0.39, 0.29) is 0 Å². The van der Waals surface area contributed by atoms with E-state index in [1.165, 1.54) is 56.1 Å². The Morgan fingerprint density at radius 3 is 2.43 bits per heavy atom. The van der Waals surface area contributed by atoms with E-state index in [0.717, 1.165) is 19.1 Å². The highest BCUT2D eigenvalue weighted by molar-refractivity contribution is 5.24. The number of nitrogens with zero attached hydrogens (tertiary/aromatic N) is 1. The van der Waals surface area contributed by atoms with Crippen molar-refractivity contribution in [3.63, 3.8) is 0 Å². The fourth-order valence-corrected chi connectivity index (χ4v) is 3.60. The van der Waals surface area contributed by atoms with E-state index < -0.39 is 0 Å². The molecule has 1 aromatic rings. The molecule has 2 aliphatic rings. The summed E-state index contributed by atoms with van der Waals surface area (Å²) in [5.41, 5.74) is 2.96. The largest absolute Gasteiger partial charge is 0.292 e. The maximum Gasteiger partial charge on any atom is 0.0240 e. The molecule has 1 aromatic carbocycles. The van der Waals surface area contributed by atoms with Crippen LogP contribution in [0, 0.1) is 0 Å². The van der Waals surface area contributed by atoms with Crippen molar-refractivity contribution in [3.05, 3.63) is 59.7 Å². The zero-order valence-electron chi connectivity index (χ0n) is 13.0. The van der Waals surface area contributed by atoms with Crippen LogP contribution in [0.5, 0.6) is 0 Å². The van der Waals surface area contributed by atoms with Crippen LogP contribution in [0.25, 0.3) is 0 Å². The third kappa shape index (κ3) is 4.31. The van der Waals surface area contributed by atoms with Crippen LogP contribution in [0.3, 0.4) is 0 Å². The van der Waals surface area contributed by atoms with Gasteiger partial charge in [-0.3, -0.25) is 4.90 Å². The van der Waals surface area contributed by atoms with Crippen molar-refractivity contribution < 1.29 is 0 Å². The van der Waals surface area contributed by atoms with Crippen LogP contribution in [-0.2, 0) is 6.54 Å². The summed E-state index contributed by atoms with van der Waals surface area (Å²) >= 11 is 0. The summed E-state index contributed by atoms with van der Waals surface area (Å²) in [6, 6.07) is 11.7. The molecule has 112 valence electrons. The summed E-state index contributed by atoms with van der Waals surface area (Å²) in [7, 11) is 0. The van der Waals surface area contributed by atoms with Gasteiger partial charge in [-0.2, -0.15) is 0 Å². The lowest BCUT2D eigenvalue weighted by Crippen LogP contribution is -2.37. The number of hydrogen-bond acceptors (Lipinski definition) is 1. The van der Waals surface area contributed by atoms with Gasteiger partial charge in [0.05, 0.1) is 0 Å². The van der Waals surface area contributed by atoms with Gasteiger partial charge in [0.25, 0.3) is 0 Å². The summed E-state index contributed by atoms with van der Waals surface area (Å²) in [6.07, 6.45) is 16.5. The van der Waals surface area contributed by atoms with Crippen LogP contribution in [0.4, 0.5) is 0 Å². The monoisotopic (exact) mass is 281 g/mol. The van der Waals surface area contributed by atoms with Gasteiger partial charge in [0, 0.05) is 19.1 Å². The molecule has 0 aliphatic heterocycles. The van der Waals surface area contributed by atoms with E-state index in [9.17, 15) is 0 Å². The number of rotatable bonds is 5. The van der Waals surface area contributed by atoms with Gasteiger partial charge >= 0.3 is 0 Å². The van der Waals surface area contributed by atoms with E-state index in [1.807, 2.05) is 0 Å². The minimum atomic E-state index is 0.773. The second-order valence-corrected chi connectivity index (χ2v) is 6.44. The van der Waals surface area contributed by atoms with Gasteiger partial charge in [-0.05, 0) is 36.8 Å². The Balaban J connectivity index is 1.70. The van der Waals surface area contributed by atoms with Gasteiger partial charge in [-0.1, -0.05) is 67.8 Å². The van der Waals surface area contributed by atoms with Gasteiger partial charge in [-0.25, -0.2) is 0 Å². The molecule has 0 bridgehead atoms. The highest BCUT2D eigenvalue weighted by Gasteiger charge is 2.21. The van der Waals surface area contributed by atoms with Crippen LogP contribution < -0.4 is 0 Å². The minimum absolute atomic E-state index is 0.773. The minimum Gasteiger partial charge on any atom is -0.292 e. The van der Waals surface area contributed by atoms with Gasteiger partial charge in [0.15, 0.2) is 0 Å². The molecule has 1 heteroatoms. The van der Waals surface area contributed by atoms with Crippen LogP contribution in [-0.4, -0.2) is 17.5 Å². The normalized spacial score (nSPS) is 19.8. The van der Waals surface area contributed by atoms with Crippen LogP contribution in [0.15, 0.2) is 54.1 Å². The third-order valence-electron chi connectivity index (χ3n) is 4.78. The molecular formula is C20H27N. The first-order chi connectivity index (χ1) is 10.4. The Labute approximate surface area is 129 Å². The molecule has 0 spiro atoms. The average Bonchev–Trinajstić information content (AvgIpc) is 2.57. The lowest BCUT2D eigenvalue weighted by atomic mass is 9.93. The maximum atomic E-state index is 2.72. The van der Waals surface area contributed by atoms with E-state index in [1.54, 1.807) is 0 Å². The maximum absolute atomic E-state index is 2.72. The fraction of sp³-hybridized carbons (Fsp3) is 0.500. The third-order valence-corrected chi connectivity index (χ3v) is 4.78. The van der Waals surface area contributed by atoms with Crippen molar-refractivity contribution in [2.75, 3.05) is 6.54 Å². The van der Waals surface area contributed by atoms with Gasteiger partial charge < -0.3 is 0 Å². The number of allylic oxidation sites excluding steroid dienone is 2. The first-order valence-corrected chi connectivity index (χ1v) is 8.55. The van der Waals surface area contributed by atoms with Crippen molar-refractivity contribution in [2.24, 2.45) is 0 Å². The predicted octanol–water partition coefficient (Wildman–Crippen LogP) is 5.10. The van der Waals surface area contributed by atoms with Crippen molar-refractivity contribution in [3.8, 4) is 0 Å². The van der Waals surface area contributed by atoms with Gasteiger partial charge in [0.1, 0.15) is 0 Å². The van der Waals surface area contributed by atoms with Crippen LogP contribution >= 0.6 is 0 Å². The number of benzene rings is 1. The van der Waals surface area contributed by atoms with Gasteiger partial charge in [-0.15, -0.1) is 0 Å². The summed E-state index contributed by atoms with van der Waals surface area (Å²) in [5, 5.41) is 0. The Hall–Kier alpha value is -1.34. The molecule has 2 aliphatic carbocycles. The lowest BCUT2D eigenvalue weighted by molar-refractivity contribution is 0.162. The Bertz CT molecular complexity index is 480. The highest BCUT2D eigenvalue weighted by Crippen LogP contribution is 2.25. The van der Waals surface area contributed by atoms with E-state index >= 15 is 0 Å². The van der Waals surface area contributed by atoms with Gasteiger partial charge in [0.2, 0.25) is 0 Å². The van der Waals surface area contributed by atoms with Crippen LogP contribution in [0.2, 0.25) is 0 Å². The smallest absolute Gasteiger partial charge is 0.0240 e. The van der Waals surface area contributed by atoms with Crippen LogP contribution in [0.1, 0.15) is 50.5 Å². The molecule has 1 fully saturated rings. The molecule has 0 heterocycles. The molecule has 0 N–H and O–H groups in total. The first-order valence-electron chi connectivity index (χ1n) is 8.55. The van der Waals surface area contributed by atoms with Crippen molar-refractivity contribution in [2.45, 2.75) is 57.5 Å². The zero-order chi connectivity index (χ0) is 14.3. The molecule has 0 aromatic heterocycles. The second-order valence-electron chi connectivity index (χ2n) is 6.44. The molecule has 0 amide bonds.